The van der Waals surface area contributed by atoms with Gasteiger partial charge in [0.15, 0.2) is 0 Å². The van der Waals surface area contributed by atoms with Crippen molar-refractivity contribution in [3.63, 3.8) is 0 Å². The quantitative estimate of drug-likeness (QED) is 0.910. The van der Waals surface area contributed by atoms with Crippen LogP contribution in [0, 0.1) is 0 Å². The molecule has 2 fully saturated rings. The minimum absolute atomic E-state index is 0.134. The molecule has 2 N–H and O–H groups in total. The minimum Gasteiger partial charge on any atom is -0.326 e. The Balaban J connectivity index is 1.75. The first-order chi connectivity index (χ1) is 9.75. The van der Waals surface area contributed by atoms with Gasteiger partial charge in [-0.25, -0.2) is 0 Å². The summed E-state index contributed by atoms with van der Waals surface area (Å²) in [5, 5.41) is 0. The smallest absolute Gasteiger partial charge is 0.0512 e. The van der Waals surface area contributed by atoms with Crippen LogP contribution in [0.1, 0.15) is 37.8 Å². The first-order valence-electron chi connectivity index (χ1n) is 7.89. The topological polar surface area (TPSA) is 45.4 Å². The van der Waals surface area contributed by atoms with Crippen LogP contribution in [-0.2, 0) is 0 Å². The van der Waals surface area contributed by atoms with Crippen LogP contribution < -0.4 is 5.73 Å². The third-order valence-electron chi connectivity index (χ3n) is 4.79. The molecule has 0 aliphatic carbocycles. The van der Waals surface area contributed by atoms with E-state index in [-0.39, 0.29) is 6.04 Å². The van der Waals surface area contributed by atoms with Gasteiger partial charge in [0.05, 0.1) is 6.04 Å². The second-order valence-corrected chi connectivity index (χ2v) is 6.27. The van der Waals surface area contributed by atoms with Crippen molar-refractivity contribution >= 4 is 0 Å². The number of nitrogens with zero attached hydrogens (tertiary/aromatic N) is 3. The molecule has 2 aliphatic heterocycles. The maximum atomic E-state index is 6.28. The van der Waals surface area contributed by atoms with Gasteiger partial charge in [0, 0.05) is 44.1 Å². The highest BCUT2D eigenvalue weighted by Gasteiger charge is 2.33. The largest absolute Gasteiger partial charge is 0.326 e. The van der Waals surface area contributed by atoms with Crippen LogP contribution in [0.5, 0.6) is 0 Å². The van der Waals surface area contributed by atoms with Crippen molar-refractivity contribution in [1.29, 1.82) is 0 Å². The van der Waals surface area contributed by atoms with Gasteiger partial charge >= 0.3 is 0 Å². The number of pyridine rings is 1. The third kappa shape index (κ3) is 2.87. The number of rotatable bonds is 3. The average Bonchev–Trinajstić information content (AvgIpc) is 2.48. The van der Waals surface area contributed by atoms with Crippen molar-refractivity contribution in [2.45, 2.75) is 44.3 Å². The molecule has 0 amide bonds. The molecule has 2 saturated heterocycles. The van der Waals surface area contributed by atoms with Crippen LogP contribution in [0.2, 0.25) is 0 Å². The minimum atomic E-state index is 0.134. The lowest BCUT2D eigenvalue weighted by Crippen LogP contribution is -2.57. The van der Waals surface area contributed by atoms with Crippen LogP contribution in [-0.4, -0.2) is 53.0 Å². The molecular weight excluding hydrogens is 248 g/mol. The Morgan fingerprint density at radius 2 is 2.20 bits per heavy atom. The molecule has 3 atom stereocenters. The van der Waals surface area contributed by atoms with E-state index in [1.807, 2.05) is 18.5 Å². The fraction of sp³-hybridized carbons (Fsp3) is 0.688. The van der Waals surface area contributed by atoms with Crippen molar-refractivity contribution in [3.8, 4) is 0 Å². The Morgan fingerprint density at radius 1 is 1.30 bits per heavy atom. The molecule has 4 nitrogen and oxygen atoms in total. The summed E-state index contributed by atoms with van der Waals surface area (Å²) in [6.45, 7) is 6.87. The third-order valence-corrected chi connectivity index (χ3v) is 4.79. The Labute approximate surface area is 122 Å². The molecule has 0 spiro atoms. The number of aromatic nitrogens is 1. The second kappa shape index (κ2) is 6.20. The van der Waals surface area contributed by atoms with E-state index < -0.39 is 0 Å². The van der Waals surface area contributed by atoms with Crippen LogP contribution in [0.25, 0.3) is 0 Å². The fourth-order valence-electron chi connectivity index (χ4n) is 3.83. The average molecular weight is 274 g/mol. The van der Waals surface area contributed by atoms with Gasteiger partial charge in [-0.3, -0.25) is 14.8 Å². The molecule has 4 heteroatoms. The second-order valence-electron chi connectivity index (χ2n) is 6.27. The van der Waals surface area contributed by atoms with E-state index >= 15 is 0 Å². The number of hydrogen-bond donors (Lipinski definition) is 1. The lowest BCUT2D eigenvalue weighted by Gasteiger charge is -2.47. The van der Waals surface area contributed by atoms with E-state index in [0.717, 1.165) is 19.1 Å². The van der Waals surface area contributed by atoms with Crippen molar-refractivity contribution < 1.29 is 0 Å². The van der Waals surface area contributed by atoms with Gasteiger partial charge in [-0.2, -0.15) is 0 Å². The number of fused-ring (bicyclic) bond motifs is 1. The monoisotopic (exact) mass is 274 g/mol. The molecule has 110 valence electrons. The molecule has 3 heterocycles. The predicted molar refractivity (Wildman–Crippen MR) is 81.4 cm³/mol. The maximum Gasteiger partial charge on any atom is 0.0512 e. The molecule has 3 unspecified atom stereocenters. The van der Waals surface area contributed by atoms with Crippen molar-refractivity contribution in [2.75, 3.05) is 26.2 Å². The Bertz CT molecular complexity index is 420. The number of piperidine rings is 1. The zero-order chi connectivity index (χ0) is 13.9. The number of piperazine rings is 1. The molecule has 0 saturated carbocycles. The Morgan fingerprint density at radius 3 is 2.95 bits per heavy atom. The van der Waals surface area contributed by atoms with Gasteiger partial charge in [0.1, 0.15) is 0 Å². The number of hydrogen-bond acceptors (Lipinski definition) is 4. The fourth-order valence-corrected chi connectivity index (χ4v) is 3.83. The zero-order valence-corrected chi connectivity index (χ0v) is 12.4. The summed E-state index contributed by atoms with van der Waals surface area (Å²) in [7, 11) is 0. The lowest BCUT2D eigenvalue weighted by atomic mass is 9.95. The molecule has 20 heavy (non-hydrogen) atoms. The molecule has 0 radical (unpaired) electrons. The Hall–Kier alpha value is -0.970. The highest BCUT2D eigenvalue weighted by Crippen LogP contribution is 2.28. The van der Waals surface area contributed by atoms with Crippen molar-refractivity contribution in [3.05, 3.63) is 30.1 Å². The zero-order valence-electron chi connectivity index (χ0n) is 12.4. The number of nitrogens with two attached hydrogens (primary N) is 1. The molecule has 1 aromatic rings. The van der Waals surface area contributed by atoms with Crippen molar-refractivity contribution in [2.24, 2.45) is 5.73 Å². The van der Waals surface area contributed by atoms with Crippen LogP contribution in [0.15, 0.2) is 24.5 Å². The van der Waals surface area contributed by atoms with Gasteiger partial charge in [-0.05, 0) is 37.9 Å². The summed E-state index contributed by atoms with van der Waals surface area (Å²) in [4.78, 5) is 9.52. The SMILES string of the molecule is CC(N)C(c1cccnc1)N1CCN2CCCCC2C1. The molecule has 0 aromatic carbocycles. The van der Waals surface area contributed by atoms with Gasteiger partial charge < -0.3 is 5.73 Å². The van der Waals surface area contributed by atoms with Gasteiger partial charge in [0.25, 0.3) is 0 Å². The molecule has 2 aliphatic rings. The summed E-state index contributed by atoms with van der Waals surface area (Å²) in [5.74, 6) is 0. The summed E-state index contributed by atoms with van der Waals surface area (Å²) < 4.78 is 0. The lowest BCUT2D eigenvalue weighted by molar-refractivity contribution is 0.0219. The molecule has 3 rings (SSSR count). The highest BCUT2D eigenvalue weighted by atomic mass is 15.3. The molecule has 1 aromatic heterocycles. The molecular formula is C16H26N4. The predicted octanol–water partition coefficient (Wildman–Crippen LogP) is 1.64. The van der Waals surface area contributed by atoms with E-state index in [1.165, 1.54) is 37.9 Å². The van der Waals surface area contributed by atoms with E-state index in [9.17, 15) is 0 Å². The summed E-state index contributed by atoms with van der Waals surface area (Å²) in [6.07, 6.45) is 7.90. The first-order valence-corrected chi connectivity index (χ1v) is 7.89. The molecule has 0 bridgehead atoms. The van der Waals surface area contributed by atoms with E-state index in [4.69, 9.17) is 5.73 Å². The summed E-state index contributed by atoms with van der Waals surface area (Å²) in [5.41, 5.74) is 7.54. The first kappa shape index (κ1) is 14.0. The Kier molecular flexibility index (Phi) is 4.34. The van der Waals surface area contributed by atoms with Crippen molar-refractivity contribution in [1.82, 2.24) is 14.8 Å². The maximum absolute atomic E-state index is 6.28. The highest BCUT2D eigenvalue weighted by molar-refractivity contribution is 5.16. The van der Waals surface area contributed by atoms with Crippen LogP contribution >= 0.6 is 0 Å². The van der Waals surface area contributed by atoms with Gasteiger partial charge in [0.2, 0.25) is 0 Å². The normalized spacial score (nSPS) is 27.8. The summed E-state index contributed by atoms with van der Waals surface area (Å²) in [6, 6.07) is 5.34. The summed E-state index contributed by atoms with van der Waals surface area (Å²) >= 11 is 0. The van der Waals surface area contributed by atoms with Crippen LogP contribution in [0.4, 0.5) is 0 Å². The van der Waals surface area contributed by atoms with Gasteiger partial charge in [-0.15, -0.1) is 0 Å². The van der Waals surface area contributed by atoms with Gasteiger partial charge in [-0.1, -0.05) is 12.5 Å². The van der Waals surface area contributed by atoms with Crippen LogP contribution in [0.3, 0.4) is 0 Å². The van der Waals surface area contributed by atoms with E-state index in [1.54, 1.807) is 0 Å². The van der Waals surface area contributed by atoms with E-state index in [2.05, 4.69) is 27.8 Å². The van der Waals surface area contributed by atoms with E-state index in [0.29, 0.717) is 6.04 Å². The standard InChI is InChI=1S/C16H26N4/c1-13(17)16(14-5-4-7-18-11-14)20-10-9-19-8-3-2-6-15(19)12-20/h4-5,7,11,13,15-16H,2-3,6,8-10,12,17H2,1H3.